The smallest absolute Gasteiger partial charge is 0.315 e. The number of nitrogens with zero attached hydrogens (tertiary/aromatic N) is 1. The van der Waals surface area contributed by atoms with Crippen LogP contribution in [0.25, 0.3) is 0 Å². The van der Waals surface area contributed by atoms with Crippen LogP contribution in [-0.2, 0) is 0 Å². The van der Waals surface area contributed by atoms with Crippen LogP contribution in [0.1, 0.15) is 13.3 Å². The number of benzene rings is 1. The summed E-state index contributed by atoms with van der Waals surface area (Å²) in [5, 5.41) is 14.0. The summed E-state index contributed by atoms with van der Waals surface area (Å²) >= 11 is 3.07. The second-order valence-corrected chi connectivity index (χ2v) is 5.06. The average molecular weight is 347 g/mol. The van der Waals surface area contributed by atoms with Crippen molar-refractivity contribution in [1.82, 2.24) is 5.32 Å². The first-order valence-corrected chi connectivity index (χ1v) is 6.88. The Hall–Kier alpha value is -1.47. The number of ether oxygens (including phenoxy) is 1. The average Bonchev–Trinajstić information content (AvgIpc) is 2.37. The van der Waals surface area contributed by atoms with Gasteiger partial charge in [-0.1, -0.05) is 13.5 Å². The first kappa shape index (κ1) is 16.6. The Labute approximate surface area is 125 Å². The number of nitro groups is 1. The van der Waals surface area contributed by atoms with Gasteiger partial charge in [0, 0.05) is 6.54 Å². The van der Waals surface area contributed by atoms with Crippen LogP contribution in [-0.4, -0.2) is 24.6 Å². The molecular weight excluding hydrogens is 331 g/mol. The fourth-order valence-corrected chi connectivity index (χ4v) is 2.03. The topological polar surface area (TPSA) is 64.4 Å². The van der Waals surface area contributed by atoms with Crippen LogP contribution in [0.5, 0.6) is 5.75 Å². The molecule has 0 unspecified atom stereocenters. The Balaban J connectivity index is 2.72. The Morgan fingerprint density at radius 2 is 2.30 bits per heavy atom. The molecular formula is C13H16BrFN2O3. The molecule has 5 nitrogen and oxygen atoms in total. The number of hydrogen-bond acceptors (Lipinski definition) is 4. The molecule has 0 saturated carbocycles. The summed E-state index contributed by atoms with van der Waals surface area (Å²) in [4.78, 5) is 10.2. The van der Waals surface area contributed by atoms with Gasteiger partial charge in [0.25, 0.3) is 0 Å². The van der Waals surface area contributed by atoms with Crippen molar-refractivity contribution < 1.29 is 14.1 Å². The lowest BCUT2D eigenvalue weighted by Gasteiger charge is -2.11. The molecule has 0 spiro atoms. The SMILES string of the molecule is C=C(CNCCC)COc1c(Br)cc(F)cc1[N+](=O)[O-]. The first-order chi connectivity index (χ1) is 9.45. The molecule has 1 aromatic carbocycles. The van der Waals surface area contributed by atoms with Gasteiger partial charge in [-0.05, 0) is 40.5 Å². The molecule has 0 atom stereocenters. The maximum absolute atomic E-state index is 13.2. The van der Waals surface area contributed by atoms with Crippen LogP contribution in [0.15, 0.2) is 28.8 Å². The summed E-state index contributed by atoms with van der Waals surface area (Å²) in [5.74, 6) is -0.688. The molecule has 7 heteroatoms. The summed E-state index contributed by atoms with van der Waals surface area (Å²) in [7, 11) is 0. The normalized spacial score (nSPS) is 10.3. The maximum atomic E-state index is 13.2. The number of rotatable bonds is 8. The largest absolute Gasteiger partial charge is 0.481 e. The van der Waals surface area contributed by atoms with E-state index in [1.165, 1.54) is 0 Å². The van der Waals surface area contributed by atoms with E-state index in [2.05, 4.69) is 27.8 Å². The first-order valence-electron chi connectivity index (χ1n) is 6.09. The van der Waals surface area contributed by atoms with Crippen molar-refractivity contribution in [1.29, 1.82) is 0 Å². The van der Waals surface area contributed by atoms with Crippen LogP contribution >= 0.6 is 15.9 Å². The highest BCUT2D eigenvalue weighted by molar-refractivity contribution is 9.10. The summed E-state index contributed by atoms with van der Waals surface area (Å²) in [5.41, 5.74) is 0.343. The number of nitro benzene ring substituents is 1. The number of hydrogen-bond donors (Lipinski definition) is 1. The van der Waals surface area contributed by atoms with E-state index in [0.717, 1.165) is 30.7 Å². The van der Waals surface area contributed by atoms with Crippen LogP contribution in [0, 0.1) is 15.9 Å². The summed E-state index contributed by atoms with van der Waals surface area (Å²) in [6, 6.07) is 1.96. The van der Waals surface area contributed by atoms with E-state index in [1.54, 1.807) is 0 Å². The van der Waals surface area contributed by atoms with Crippen molar-refractivity contribution in [2.24, 2.45) is 0 Å². The quantitative estimate of drug-likeness (QED) is 0.339. The van der Waals surface area contributed by atoms with Crippen molar-refractivity contribution >= 4 is 21.6 Å². The lowest BCUT2D eigenvalue weighted by molar-refractivity contribution is -0.386. The van der Waals surface area contributed by atoms with Crippen molar-refractivity contribution in [3.8, 4) is 5.75 Å². The minimum atomic E-state index is -0.695. The maximum Gasteiger partial charge on any atom is 0.315 e. The van der Waals surface area contributed by atoms with E-state index in [4.69, 9.17) is 4.74 Å². The lowest BCUT2D eigenvalue weighted by Crippen LogP contribution is -2.20. The van der Waals surface area contributed by atoms with E-state index < -0.39 is 16.4 Å². The predicted octanol–water partition coefficient (Wildman–Crippen LogP) is 3.43. The highest BCUT2D eigenvalue weighted by Crippen LogP contribution is 2.36. The Morgan fingerprint density at radius 3 is 2.90 bits per heavy atom. The van der Waals surface area contributed by atoms with Gasteiger partial charge in [-0.25, -0.2) is 4.39 Å². The van der Waals surface area contributed by atoms with E-state index >= 15 is 0 Å². The molecule has 20 heavy (non-hydrogen) atoms. The van der Waals surface area contributed by atoms with Gasteiger partial charge in [0.15, 0.2) is 0 Å². The van der Waals surface area contributed by atoms with Gasteiger partial charge >= 0.3 is 5.69 Å². The molecule has 0 aliphatic rings. The molecule has 0 saturated heterocycles. The lowest BCUT2D eigenvalue weighted by atomic mass is 10.2. The van der Waals surface area contributed by atoms with Gasteiger partial charge in [0.1, 0.15) is 12.4 Å². The second kappa shape index (κ2) is 7.96. The minimum absolute atomic E-state index is 0.00745. The molecule has 1 rings (SSSR count). The Kier molecular flexibility index (Phi) is 6.60. The molecule has 0 heterocycles. The summed E-state index contributed by atoms with van der Waals surface area (Å²) < 4.78 is 18.7. The molecule has 1 N–H and O–H groups in total. The fraction of sp³-hybridized carbons (Fsp3) is 0.385. The molecule has 110 valence electrons. The van der Waals surface area contributed by atoms with Crippen molar-refractivity contribution in [2.45, 2.75) is 13.3 Å². The van der Waals surface area contributed by atoms with E-state index in [9.17, 15) is 14.5 Å². The van der Waals surface area contributed by atoms with E-state index in [0.29, 0.717) is 6.54 Å². The highest BCUT2D eigenvalue weighted by atomic mass is 79.9. The van der Waals surface area contributed by atoms with Crippen LogP contribution in [0.2, 0.25) is 0 Å². The third-order valence-electron chi connectivity index (χ3n) is 2.41. The van der Waals surface area contributed by atoms with E-state index in [1.807, 2.05) is 6.92 Å². The van der Waals surface area contributed by atoms with Gasteiger partial charge in [0.2, 0.25) is 5.75 Å². The van der Waals surface area contributed by atoms with E-state index in [-0.39, 0.29) is 16.8 Å². The van der Waals surface area contributed by atoms with Gasteiger partial charge in [-0.15, -0.1) is 0 Å². The predicted molar refractivity (Wildman–Crippen MR) is 78.6 cm³/mol. The Morgan fingerprint density at radius 1 is 1.60 bits per heavy atom. The fourth-order valence-electron chi connectivity index (χ4n) is 1.49. The van der Waals surface area contributed by atoms with Crippen LogP contribution < -0.4 is 10.1 Å². The minimum Gasteiger partial charge on any atom is -0.481 e. The number of nitrogens with one attached hydrogen (secondary N) is 1. The highest BCUT2D eigenvalue weighted by Gasteiger charge is 2.20. The molecule has 0 aliphatic heterocycles. The summed E-state index contributed by atoms with van der Waals surface area (Å²) in [6.07, 6.45) is 1.00. The molecule has 0 amide bonds. The Bertz CT molecular complexity index is 509. The van der Waals surface area contributed by atoms with Crippen LogP contribution in [0.3, 0.4) is 0 Å². The molecule has 1 aromatic rings. The zero-order valence-corrected chi connectivity index (χ0v) is 12.7. The van der Waals surface area contributed by atoms with Crippen LogP contribution in [0.4, 0.5) is 10.1 Å². The molecule has 0 bridgehead atoms. The van der Waals surface area contributed by atoms with Gasteiger partial charge in [-0.3, -0.25) is 10.1 Å². The van der Waals surface area contributed by atoms with Crippen molar-refractivity contribution in [2.75, 3.05) is 19.7 Å². The zero-order chi connectivity index (χ0) is 15.1. The number of halogens is 2. The molecule has 0 radical (unpaired) electrons. The summed E-state index contributed by atoms with van der Waals surface area (Å²) in [6.45, 7) is 7.42. The van der Waals surface area contributed by atoms with Crippen molar-refractivity contribution in [3.63, 3.8) is 0 Å². The van der Waals surface area contributed by atoms with Gasteiger partial charge in [0.05, 0.1) is 15.5 Å². The van der Waals surface area contributed by atoms with Crippen molar-refractivity contribution in [3.05, 3.63) is 44.7 Å². The monoisotopic (exact) mass is 346 g/mol. The van der Waals surface area contributed by atoms with Gasteiger partial charge in [-0.2, -0.15) is 0 Å². The zero-order valence-electron chi connectivity index (χ0n) is 11.1. The third-order valence-corrected chi connectivity index (χ3v) is 3.00. The standard InChI is InChI=1S/C13H16BrFN2O3/c1-3-4-16-7-9(2)8-20-13-11(14)5-10(15)6-12(13)17(18)19/h5-6,16H,2-4,7-8H2,1H3. The molecule has 0 fully saturated rings. The molecule has 0 aromatic heterocycles. The third kappa shape index (κ3) is 4.90. The second-order valence-electron chi connectivity index (χ2n) is 4.21. The van der Waals surface area contributed by atoms with Gasteiger partial charge < -0.3 is 10.1 Å². The molecule has 0 aliphatic carbocycles.